The molecule has 2 aromatic rings. The molecule has 82 valence electrons. The lowest BCUT2D eigenvalue weighted by molar-refractivity contribution is 0.0946. The molecule has 2 heterocycles. The minimum absolute atomic E-state index is 0.206. The van der Waals surface area contributed by atoms with Crippen molar-refractivity contribution in [1.29, 1.82) is 0 Å². The van der Waals surface area contributed by atoms with Crippen LogP contribution in [0.25, 0.3) is 0 Å². The Balaban J connectivity index is 1.98. The summed E-state index contributed by atoms with van der Waals surface area (Å²) in [5.74, 6) is -0.206. The van der Waals surface area contributed by atoms with Crippen LogP contribution in [0.4, 0.5) is 0 Å². The van der Waals surface area contributed by atoms with Gasteiger partial charge in [0, 0.05) is 18.3 Å². The topological polar surface area (TPSA) is 70.7 Å². The third kappa shape index (κ3) is 2.66. The summed E-state index contributed by atoms with van der Waals surface area (Å²) in [4.78, 5) is 15.7. The Labute approximate surface area is 100 Å². The zero-order chi connectivity index (χ0) is 11.4. The lowest BCUT2D eigenvalue weighted by atomic mass is 10.3. The molecule has 2 aromatic heterocycles. The van der Waals surface area contributed by atoms with Gasteiger partial charge in [-0.3, -0.25) is 9.89 Å². The summed E-state index contributed by atoms with van der Waals surface area (Å²) in [5, 5.41) is 9.21. The second kappa shape index (κ2) is 4.89. The molecule has 0 aliphatic heterocycles. The number of aromatic nitrogens is 3. The van der Waals surface area contributed by atoms with Gasteiger partial charge in [0.2, 0.25) is 0 Å². The van der Waals surface area contributed by atoms with Crippen LogP contribution in [-0.4, -0.2) is 21.1 Å². The second-order valence-corrected chi connectivity index (χ2v) is 3.95. The summed E-state index contributed by atoms with van der Waals surface area (Å²) >= 11 is 3.21. The van der Waals surface area contributed by atoms with E-state index in [0.29, 0.717) is 16.8 Å². The van der Waals surface area contributed by atoms with E-state index in [0.717, 1.165) is 5.56 Å². The Morgan fingerprint density at radius 3 is 3.06 bits per heavy atom. The van der Waals surface area contributed by atoms with E-state index in [9.17, 15) is 4.79 Å². The van der Waals surface area contributed by atoms with Gasteiger partial charge in [-0.1, -0.05) is 6.07 Å². The number of carbonyl (C=O) groups excluding carboxylic acids is 1. The number of rotatable bonds is 3. The van der Waals surface area contributed by atoms with Crippen molar-refractivity contribution in [3.8, 4) is 0 Å². The summed E-state index contributed by atoms with van der Waals surface area (Å²) in [6.45, 7) is 0.434. The summed E-state index contributed by atoms with van der Waals surface area (Å²) in [5.41, 5.74) is 1.31. The average Bonchev–Trinajstić information content (AvgIpc) is 2.78. The molecule has 0 atom stereocenters. The largest absolute Gasteiger partial charge is 0.347 e. The Hall–Kier alpha value is -1.69. The highest BCUT2D eigenvalue weighted by Crippen LogP contribution is 2.06. The molecule has 0 aliphatic rings. The first kappa shape index (κ1) is 10.8. The lowest BCUT2D eigenvalue weighted by Crippen LogP contribution is -2.23. The van der Waals surface area contributed by atoms with Crippen molar-refractivity contribution in [3.05, 3.63) is 46.5 Å². The maximum atomic E-state index is 11.7. The van der Waals surface area contributed by atoms with E-state index in [1.54, 1.807) is 30.6 Å². The van der Waals surface area contributed by atoms with Crippen LogP contribution >= 0.6 is 15.9 Å². The molecular formula is C10H9BrN4O. The van der Waals surface area contributed by atoms with Gasteiger partial charge in [0.25, 0.3) is 5.91 Å². The summed E-state index contributed by atoms with van der Waals surface area (Å²) < 4.78 is 0.642. The van der Waals surface area contributed by atoms with Gasteiger partial charge in [0.1, 0.15) is 10.3 Å². The molecule has 0 aliphatic carbocycles. The van der Waals surface area contributed by atoms with Gasteiger partial charge in [-0.2, -0.15) is 5.10 Å². The molecule has 2 rings (SSSR count). The molecule has 0 radical (unpaired) electrons. The number of H-pyrrole nitrogens is 1. The first-order valence-electron chi connectivity index (χ1n) is 4.64. The fraction of sp³-hybridized carbons (Fsp3) is 0.100. The number of pyridine rings is 1. The maximum Gasteiger partial charge on any atom is 0.270 e. The number of nitrogens with zero attached hydrogens (tertiary/aromatic N) is 2. The molecule has 0 fully saturated rings. The second-order valence-electron chi connectivity index (χ2n) is 3.13. The quantitative estimate of drug-likeness (QED) is 0.837. The molecule has 0 bridgehead atoms. The van der Waals surface area contributed by atoms with Crippen LogP contribution in [0.2, 0.25) is 0 Å². The number of hydrogen-bond donors (Lipinski definition) is 2. The van der Waals surface area contributed by atoms with Gasteiger partial charge in [-0.05, 0) is 28.1 Å². The van der Waals surface area contributed by atoms with E-state index in [4.69, 9.17) is 0 Å². The highest BCUT2D eigenvalue weighted by molar-refractivity contribution is 9.10. The van der Waals surface area contributed by atoms with Crippen LogP contribution in [0.5, 0.6) is 0 Å². The molecule has 0 saturated heterocycles. The zero-order valence-corrected chi connectivity index (χ0v) is 9.86. The number of amides is 1. The number of carbonyl (C=O) groups is 1. The SMILES string of the molecule is O=C(NCc1cn[nH]c1)c1cccc(Br)n1. The standard InChI is InChI=1S/C10H9BrN4O/c11-9-3-1-2-8(15-9)10(16)12-4-7-5-13-14-6-7/h1-3,5-6H,4H2,(H,12,16)(H,13,14). The highest BCUT2D eigenvalue weighted by Gasteiger charge is 2.06. The first-order chi connectivity index (χ1) is 7.75. The van der Waals surface area contributed by atoms with Crippen LogP contribution in [0.3, 0.4) is 0 Å². The number of halogens is 1. The van der Waals surface area contributed by atoms with Crippen LogP contribution in [0.15, 0.2) is 35.2 Å². The molecule has 0 spiro atoms. The Bertz CT molecular complexity index is 483. The van der Waals surface area contributed by atoms with E-state index in [2.05, 4.69) is 36.4 Å². The van der Waals surface area contributed by atoms with Gasteiger partial charge in [0.15, 0.2) is 0 Å². The summed E-state index contributed by atoms with van der Waals surface area (Å²) in [7, 11) is 0. The van der Waals surface area contributed by atoms with Gasteiger partial charge in [-0.25, -0.2) is 4.98 Å². The monoisotopic (exact) mass is 280 g/mol. The fourth-order valence-corrected chi connectivity index (χ4v) is 1.53. The minimum atomic E-state index is -0.206. The minimum Gasteiger partial charge on any atom is -0.347 e. The number of aromatic amines is 1. The van der Waals surface area contributed by atoms with Crippen LogP contribution < -0.4 is 5.32 Å². The number of hydrogen-bond acceptors (Lipinski definition) is 3. The van der Waals surface area contributed by atoms with Crippen LogP contribution in [-0.2, 0) is 6.54 Å². The molecule has 2 N–H and O–H groups in total. The van der Waals surface area contributed by atoms with Crippen molar-refractivity contribution in [1.82, 2.24) is 20.5 Å². The van der Waals surface area contributed by atoms with Crippen LogP contribution in [0, 0.1) is 0 Å². The average molecular weight is 281 g/mol. The molecule has 6 heteroatoms. The van der Waals surface area contributed by atoms with Gasteiger partial charge >= 0.3 is 0 Å². The molecule has 16 heavy (non-hydrogen) atoms. The summed E-state index contributed by atoms with van der Waals surface area (Å²) in [6, 6.07) is 5.20. The van der Waals surface area contributed by atoms with Crippen molar-refractivity contribution in [2.75, 3.05) is 0 Å². The van der Waals surface area contributed by atoms with E-state index in [1.807, 2.05) is 0 Å². The third-order valence-corrected chi connectivity index (χ3v) is 2.40. The molecule has 0 saturated carbocycles. The smallest absolute Gasteiger partial charge is 0.270 e. The van der Waals surface area contributed by atoms with Gasteiger partial charge in [0.05, 0.1) is 6.20 Å². The predicted molar refractivity (Wildman–Crippen MR) is 61.7 cm³/mol. The molecule has 1 amide bonds. The van der Waals surface area contributed by atoms with Crippen LogP contribution in [0.1, 0.15) is 16.1 Å². The van der Waals surface area contributed by atoms with E-state index in [1.165, 1.54) is 0 Å². The molecular weight excluding hydrogens is 272 g/mol. The Kier molecular flexibility index (Phi) is 3.31. The first-order valence-corrected chi connectivity index (χ1v) is 5.43. The summed E-state index contributed by atoms with van der Waals surface area (Å²) in [6.07, 6.45) is 3.39. The van der Waals surface area contributed by atoms with Crippen molar-refractivity contribution < 1.29 is 4.79 Å². The molecule has 0 unspecified atom stereocenters. The Morgan fingerprint density at radius 1 is 1.50 bits per heavy atom. The fourth-order valence-electron chi connectivity index (χ4n) is 1.18. The molecule has 0 aromatic carbocycles. The van der Waals surface area contributed by atoms with Crippen molar-refractivity contribution in [3.63, 3.8) is 0 Å². The maximum absolute atomic E-state index is 11.7. The van der Waals surface area contributed by atoms with Crippen molar-refractivity contribution >= 4 is 21.8 Å². The van der Waals surface area contributed by atoms with E-state index >= 15 is 0 Å². The van der Waals surface area contributed by atoms with E-state index < -0.39 is 0 Å². The molecule has 5 nitrogen and oxygen atoms in total. The van der Waals surface area contributed by atoms with Gasteiger partial charge < -0.3 is 5.32 Å². The Morgan fingerprint density at radius 2 is 2.38 bits per heavy atom. The number of nitrogens with one attached hydrogen (secondary N) is 2. The van der Waals surface area contributed by atoms with Crippen molar-refractivity contribution in [2.24, 2.45) is 0 Å². The lowest BCUT2D eigenvalue weighted by Gasteiger charge is -2.02. The normalized spacial score (nSPS) is 10.1. The predicted octanol–water partition coefficient (Wildman–Crippen LogP) is 1.50. The van der Waals surface area contributed by atoms with E-state index in [-0.39, 0.29) is 5.91 Å². The van der Waals surface area contributed by atoms with Gasteiger partial charge in [-0.15, -0.1) is 0 Å². The third-order valence-electron chi connectivity index (χ3n) is 1.96. The highest BCUT2D eigenvalue weighted by atomic mass is 79.9. The zero-order valence-electron chi connectivity index (χ0n) is 8.27. The van der Waals surface area contributed by atoms with Crippen molar-refractivity contribution in [2.45, 2.75) is 6.54 Å².